The van der Waals surface area contributed by atoms with Crippen LogP contribution in [0.3, 0.4) is 0 Å². The van der Waals surface area contributed by atoms with Gasteiger partial charge in [0.05, 0.1) is 0 Å². The Kier molecular flexibility index (Phi) is 5.00. The Bertz CT molecular complexity index is 439. The van der Waals surface area contributed by atoms with Gasteiger partial charge in [0.1, 0.15) is 0 Å². The van der Waals surface area contributed by atoms with Crippen molar-refractivity contribution in [3.8, 4) is 0 Å². The lowest BCUT2D eigenvalue weighted by molar-refractivity contribution is 0.228. The van der Waals surface area contributed by atoms with Gasteiger partial charge in [0.25, 0.3) is 0 Å². The Morgan fingerprint density at radius 1 is 1.00 bits per heavy atom. The molecule has 1 heteroatoms. The molecule has 21 heavy (non-hydrogen) atoms. The van der Waals surface area contributed by atoms with Crippen LogP contribution in [0, 0.1) is 12.8 Å². The van der Waals surface area contributed by atoms with Crippen molar-refractivity contribution in [1.29, 1.82) is 0 Å². The van der Waals surface area contributed by atoms with Gasteiger partial charge in [-0.05, 0) is 62.5 Å². The van der Waals surface area contributed by atoms with Crippen molar-refractivity contribution in [2.45, 2.75) is 83.2 Å². The lowest BCUT2D eigenvalue weighted by atomic mass is 9.74. The van der Waals surface area contributed by atoms with Gasteiger partial charge in [-0.25, -0.2) is 0 Å². The molecule has 0 bridgehead atoms. The molecular formula is C20H31N. The minimum Gasteiger partial charge on any atom is -0.311 e. The molecule has 0 aromatic heterocycles. The van der Waals surface area contributed by atoms with Crippen LogP contribution in [0.4, 0.5) is 0 Å². The highest BCUT2D eigenvalue weighted by Gasteiger charge is 2.32. The molecule has 2 aliphatic rings. The van der Waals surface area contributed by atoms with Crippen molar-refractivity contribution in [3.63, 3.8) is 0 Å². The highest BCUT2D eigenvalue weighted by molar-refractivity contribution is 5.31. The van der Waals surface area contributed by atoms with Crippen LogP contribution >= 0.6 is 0 Å². The Morgan fingerprint density at radius 2 is 1.67 bits per heavy atom. The van der Waals surface area contributed by atoms with Crippen LogP contribution in [-0.2, 0) is 0 Å². The van der Waals surface area contributed by atoms with Crippen molar-refractivity contribution >= 4 is 0 Å². The second-order valence-corrected chi connectivity index (χ2v) is 7.43. The van der Waals surface area contributed by atoms with E-state index < -0.39 is 0 Å². The topological polar surface area (TPSA) is 12.0 Å². The highest BCUT2D eigenvalue weighted by Crippen LogP contribution is 2.39. The van der Waals surface area contributed by atoms with Crippen molar-refractivity contribution in [3.05, 3.63) is 35.4 Å². The summed E-state index contributed by atoms with van der Waals surface area (Å²) in [4.78, 5) is 0. The summed E-state index contributed by atoms with van der Waals surface area (Å²) in [6.07, 6.45) is 11.4. The van der Waals surface area contributed by atoms with Crippen LogP contribution in [0.25, 0.3) is 0 Å². The Labute approximate surface area is 130 Å². The van der Waals surface area contributed by atoms with Gasteiger partial charge in [0.15, 0.2) is 0 Å². The maximum absolute atomic E-state index is 3.93. The van der Waals surface area contributed by atoms with Crippen LogP contribution in [0.5, 0.6) is 0 Å². The summed E-state index contributed by atoms with van der Waals surface area (Å²) >= 11 is 0. The minimum atomic E-state index is 0.714. The van der Waals surface area contributed by atoms with E-state index in [0.29, 0.717) is 6.04 Å². The lowest BCUT2D eigenvalue weighted by Gasteiger charge is -2.40. The van der Waals surface area contributed by atoms with Gasteiger partial charge in [-0.1, -0.05) is 49.9 Å². The Morgan fingerprint density at radius 3 is 2.33 bits per heavy atom. The zero-order chi connectivity index (χ0) is 14.7. The lowest BCUT2D eigenvalue weighted by Crippen LogP contribution is -2.47. The molecular weight excluding hydrogens is 254 g/mol. The summed E-state index contributed by atoms with van der Waals surface area (Å²) < 4.78 is 0. The smallest absolute Gasteiger partial charge is 0.00813 e. The molecule has 1 aromatic rings. The van der Waals surface area contributed by atoms with Gasteiger partial charge in [-0.3, -0.25) is 0 Å². The van der Waals surface area contributed by atoms with Crippen molar-refractivity contribution < 1.29 is 0 Å². The van der Waals surface area contributed by atoms with Crippen molar-refractivity contribution in [2.24, 2.45) is 5.92 Å². The second kappa shape index (κ2) is 6.96. The predicted octanol–water partition coefficient (Wildman–Crippen LogP) is 5.19. The van der Waals surface area contributed by atoms with Crippen LogP contribution < -0.4 is 5.32 Å². The highest BCUT2D eigenvalue weighted by atomic mass is 15.0. The maximum atomic E-state index is 3.93. The number of benzene rings is 1. The molecule has 0 saturated heterocycles. The second-order valence-electron chi connectivity index (χ2n) is 7.43. The number of rotatable bonds is 4. The monoisotopic (exact) mass is 285 g/mol. The molecule has 0 spiro atoms. The van der Waals surface area contributed by atoms with Crippen molar-refractivity contribution in [2.75, 3.05) is 0 Å². The van der Waals surface area contributed by atoms with Gasteiger partial charge in [0.2, 0.25) is 0 Å². The van der Waals surface area contributed by atoms with Crippen molar-refractivity contribution in [1.82, 2.24) is 5.32 Å². The van der Waals surface area contributed by atoms with E-state index in [1.165, 1.54) is 56.9 Å². The SMILES string of the molecule is Cc1ccccc1C1CC(N[C@H](C)C2CCCCCC2)C1. The molecule has 3 rings (SSSR count). The molecule has 1 N–H and O–H groups in total. The van der Waals surface area contributed by atoms with E-state index in [0.717, 1.165) is 17.9 Å². The van der Waals surface area contributed by atoms with Gasteiger partial charge in [0, 0.05) is 12.1 Å². The normalized spacial score (nSPS) is 28.7. The molecule has 1 nitrogen and oxygen atoms in total. The van der Waals surface area contributed by atoms with Crippen LogP contribution in [0.1, 0.15) is 75.3 Å². The predicted molar refractivity (Wildman–Crippen MR) is 90.7 cm³/mol. The summed E-state index contributed by atoms with van der Waals surface area (Å²) in [7, 11) is 0. The van der Waals surface area contributed by atoms with Gasteiger partial charge < -0.3 is 5.32 Å². The average molecular weight is 285 g/mol. The summed E-state index contributed by atoms with van der Waals surface area (Å²) in [5.74, 6) is 1.72. The first-order valence-electron chi connectivity index (χ1n) is 9.05. The van der Waals surface area contributed by atoms with Crippen LogP contribution in [-0.4, -0.2) is 12.1 Å². The van der Waals surface area contributed by atoms with E-state index in [9.17, 15) is 0 Å². The third-order valence-electron chi connectivity index (χ3n) is 5.87. The molecule has 0 amide bonds. The van der Waals surface area contributed by atoms with E-state index in [4.69, 9.17) is 0 Å². The number of hydrogen-bond acceptors (Lipinski definition) is 1. The molecule has 0 radical (unpaired) electrons. The van der Waals surface area contributed by atoms with E-state index in [-0.39, 0.29) is 0 Å². The fraction of sp³-hybridized carbons (Fsp3) is 0.700. The quantitative estimate of drug-likeness (QED) is 0.751. The van der Waals surface area contributed by atoms with Crippen LogP contribution in [0.15, 0.2) is 24.3 Å². The Hall–Kier alpha value is -0.820. The molecule has 1 atom stereocenters. The number of hydrogen-bond donors (Lipinski definition) is 1. The molecule has 0 aliphatic heterocycles. The molecule has 2 fully saturated rings. The summed E-state index contributed by atoms with van der Waals surface area (Å²) in [5, 5.41) is 3.93. The summed E-state index contributed by atoms with van der Waals surface area (Å²) in [5.41, 5.74) is 3.05. The number of nitrogens with one attached hydrogen (secondary N) is 1. The Balaban J connectivity index is 1.47. The maximum Gasteiger partial charge on any atom is 0.00813 e. The molecule has 1 aromatic carbocycles. The van der Waals surface area contributed by atoms with E-state index in [1.807, 2.05) is 0 Å². The number of aryl methyl sites for hydroxylation is 1. The summed E-state index contributed by atoms with van der Waals surface area (Å²) in [6, 6.07) is 10.4. The van der Waals surface area contributed by atoms with E-state index >= 15 is 0 Å². The van der Waals surface area contributed by atoms with E-state index in [2.05, 4.69) is 43.4 Å². The molecule has 2 aliphatic carbocycles. The zero-order valence-electron chi connectivity index (χ0n) is 13.8. The molecule has 2 saturated carbocycles. The van der Waals surface area contributed by atoms with Gasteiger partial charge in [-0.15, -0.1) is 0 Å². The van der Waals surface area contributed by atoms with Crippen LogP contribution in [0.2, 0.25) is 0 Å². The fourth-order valence-electron chi connectivity index (χ4n) is 4.37. The third-order valence-corrected chi connectivity index (χ3v) is 5.87. The third kappa shape index (κ3) is 3.69. The molecule has 116 valence electrons. The first-order chi connectivity index (χ1) is 10.2. The van der Waals surface area contributed by atoms with Gasteiger partial charge in [-0.2, -0.15) is 0 Å². The van der Waals surface area contributed by atoms with Gasteiger partial charge >= 0.3 is 0 Å². The summed E-state index contributed by atoms with van der Waals surface area (Å²) in [6.45, 7) is 4.68. The molecule has 0 heterocycles. The standard InChI is InChI=1S/C20H31N/c1-15-9-7-8-12-20(15)18-13-19(14-18)21-16(2)17-10-5-3-4-6-11-17/h7-9,12,16-19,21H,3-6,10-11,13-14H2,1-2H3/t16-,18?,19?/m1/s1. The largest absolute Gasteiger partial charge is 0.311 e. The van der Waals surface area contributed by atoms with E-state index in [1.54, 1.807) is 5.56 Å². The minimum absolute atomic E-state index is 0.714. The average Bonchev–Trinajstić information content (AvgIpc) is 2.72. The first kappa shape index (κ1) is 15.1. The molecule has 0 unspecified atom stereocenters. The zero-order valence-corrected chi connectivity index (χ0v) is 13.8. The fourth-order valence-corrected chi connectivity index (χ4v) is 4.37. The first-order valence-corrected chi connectivity index (χ1v) is 9.05.